The number of rotatable bonds is 3. The number of carbonyl (C=O) groups is 2. The van der Waals surface area contributed by atoms with Crippen LogP contribution in [0.1, 0.15) is 5.56 Å². The molecule has 0 aliphatic carbocycles. The maximum atomic E-state index is 11.5. The quantitative estimate of drug-likeness (QED) is 0.841. The molecule has 1 heterocycles. The highest BCUT2D eigenvalue weighted by molar-refractivity contribution is 6.02. The maximum Gasteiger partial charge on any atom is 0.250 e. The van der Waals surface area contributed by atoms with E-state index < -0.39 is 0 Å². The molecule has 90 valence electrons. The lowest BCUT2D eigenvalue weighted by molar-refractivity contribution is -0.119. The molecule has 1 aromatic rings. The van der Waals surface area contributed by atoms with Crippen molar-refractivity contribution in [1.82, 2.24) is 0 Å². The van der Waals surface area contributed by atoms with Gasteiger partial charge < -0.3 is 15.0 Å². The van der Waals surface area contributed by atoms with Crippen LogP contribution in [0, 0.1) is 0 Å². The van der Waals surface area contributed by atoms with E-state index in [2.05, 4.69) is 5.32 Å². The zero-order valence-corrected chi connectivity index (χ0v) is 9.82. The Morgan fingerprint density at radius 1 is 1.53 bits per heavy atom. The van der Waals surface area contributed by atoms with E-state index in [-0.39, 0.29) is 18.4 Å². The monoisotopic (exact) mass is 234 g/mol. The summed E-state index contributed by atoms with van der Waals surface area (Å²) in [6.45, 7) is 0.0237. The van der Waals surface area contributed by atoms with Gasteiger partial charge in [0.25, 0.3) is 0 Å². The van der Waals surface area contributed by atoms with Gasteiger partial charge in [-0.25, -0.2) is 0 Å². The molecule has 2 amide bonds. The van der Waals surface area contributed by atoms with Gasteiger partial charge in [0.15, 0.2) is 0 Å². The van der Waals surface area contributed by atoms with Gasteiger partial charge in [0.2, 0.25) is 11.8 Å². The fraction of sp³-hybridized carbons (Fsp3) is 0.333. The Bertz CT molecular complexity index is 471. The van der Waals surface area contributed by atoms with Gasteiger partial charge in [0.05, 0.1) is 6.42 Å². The van der Waals surface area contributed by atoms with Crippen molar-refractivity contribution in [2.24, 2.45) is 0 Å². The van der Waals surface area contributed by atoms with Crippen molar-refractivity contribution < 1.29 is 14.3 Å². The zero-order valence-electron chi connectivity index (χ0n) is 9.82. The number of amides is 2. The zero-order chi connectivity index (χ0) is 12.4. The summed E-state index contributed by atoms with van der Waals surface area (Å²) in [5.74, 6) is -0.134. The van der Waals surface area contributed by atoms with E-state index in [9.17, 15) is 9.59 Å². The van der Waals surface area contributed by atoms with Crippen LogP contribution in [0.15, 0.2) is 18.2 Å². The number of benzene rings is 1. The lowest BCUT2D eigenvalue weighted by Crippen LogP contribution is -2.20. The van der Waals surface area contributed by atoms with Gasteiger partial charge in [0.1, 0.15) is 6.61 Å². The van der Waals surface area contributed by atoms with Gasteiger partial charge in [-0.05, 0) is 23.8 Å². The van der Waals surface area contributed by atoms with Crippen molar-refractivity contribution in [1.29, 1.82) is 0 Å². The molecule has 5 heteroatoms. The third-order valence-corrected chi connectivity index (χ3v) is 2.72. The van der Waals surface area contributed by atoms with Crippen LogP contribution in [-0.2, 0) is 20.7 Å². The summed E-state index contributed by atoms with van der Waals surface area (Å²) < 4.78 is 4.73. The summed E-state index contributed by atoms with van der Waals surface area (Å²) in [7, 11) is 3.22. The second-order valence-electron chi connectivity index (χ2n) is 3.95. The summed E-state index contributed by atoms with van der Waals surface area (Å²) >= 11 is 0. The number of hydrogen-bond acceptors (Lipinski definition) is 3. The Kier molecular flexibility index (Phi) is 3.10. The van der Waals surface area contributed by atoms with Gasteiger partial charge in [-0.15, -0.1) is 0 Å². The smallest absolute Gasteiger partial charge is 0.250 e. The molecular formula is C12H14N2O3. The van der Waals surface area contributed by atoms with E-state index in [1.807, 2.05) is 12.1 Å². The summed E-state index contributed by atoms with van der Waals surface area (Å²) in [4.78, 5) is 24.4. The number of hydrogen-bond donors (Lipinski definition) is 1. The SMILES string of the molecule is COCC(=O)Nc1ccc2c(c1)CC(=O)N2C. The van der Waals surface area contributed by atoms with Crippen molar-refractivity contribution in [3.05, 3.63) is 23.8 Å². The number of methoxy groups -OCH3 is 1. The average molecular weight is 234 g/mol. The Balaban J connectivity index is 2.16. The molecule has 0 fully saturated rings. The number of nitrogens with zero attached hydrogens (tertiary/aromatic N) is 1. The highest BCUT2D eigenvalue weighted by atomic mass is 16.5. The molecule has 0 spiro atoms. The van der Waals surface area contributed by atoms with E-state index >= 15 is 0 Å². The molecule has 2 rings (SSSR count). The maximum absolute atomic E-state index is 11.5. The van der Waals surface area contributed by atoms with Gasteiger partial charge in [-0.1, -0.05) is 0 Å². The van der Waals surface area contributed by atoms with E-state index in [1.54, 1.807) is 18.0 Å². The first-order valence-corrected chi connectivity index (χ1v) is 5.30. The van der Waals surface area contributed by atoms with E-state index in [4.69, 9.17) is 4.74 Å². The van der Waals surface area contributed by atoms with E-state index in [1.165, 1.54) is 7.11 Å². The second kappa shape index (κ2) is 4.55. The summed E-state index contributed by atoms with van der Waals surface area (Å²) in [6.07, 6.45) is 0.389. The normalized spacial score (nSPS) is 13.8. The van der Waals surface area contributed by atoms with Crippen molar-refractivity contribution in [3.63, 3.8) is 0 Å². The highest BCUT2D eigenvalue weighted by Gasteiger charge is 2.23. The fourth-order valence-electron chi connectivity index (χ4n) is 1.88. The summed E-state index contributed by atoms with van der Waals surface area (Å²) in [5, 5.41) is 2.71. The highest BCUT2D eigenvalue weighted by Crippen LogP contribution is 2.29. The molecule has 1 aliphatic rings. The molecule has 0 saturated heterocycles. The Morgan fingerprint density at radius 3 is 3.00 bits per heavy atom. The second-order valence-corrected chi connectivity index (χ2v) is 3.95. The molecule has 1 aromatic carbocycles. The summed E-state index contributed by atoms with van der Waals surface area (Å²) in [5.41, 5.74) is 2.53. The molecule has 0 radical (unpaired) electrons. The van der Waals surface area contributed by atoms with Gasteiger partial charge in [0, 0.05) is 25.5 Å². The van der Waals surface area contributed by atoms with Crippen LogP contribution in [-0.4, -0.2) is 32.6 Å². The van der Waals surface area contributed by atoms with Gasteiger partial charge >= 0.3 is 0 Å². The van der Waals surface area contributed by atoms with Crippen molar-refractivity contribution in [3.8, 4) is 0 Å². The van der Waals surface area contributed by atoms with Crippen LogP contribution in [0.25, 0.3) is 0 Å². The van der Waals surface area contributed by atoms with Crippen LogP contribution in [0.4, 0.5) is 11.4 Å². The first-order valence-electron chi connectivity index (χ1n) is 5.30. The topological polar surface area (TPSA) is 58.6 Å². The largest absolute Gasteiger partial charge is 0.375 e. The number of nitrogens with one attached hydrogen (secondary N) is 1. The molecular weight excluding hydrogens is 220 g/mol. The first kappa shape index (κ1) is 11.6. The third-order valence-electron chi connectivity index (χ3n) is 2.72. The van der Waals surface area contributed by atoms with Crippen LogP contribution in [0.3, 0.4) is 0 Å². The van der Waals surface area contributed by atoms with Crippen molar-refractivity contribution in [2.75, 3.05) is 31.0 Å². The number of ether oxygens (including phenoxy) is 1. The van der Waals surface area contributed by atoms with Crippen molar-refractivity contribution >= 4 is 23.2 Å². The first-order chi connectivity index (χ1) is 8.11. The Morgan fingerprint density at radius 2 is 2.29 bits per heavy atom. The van der Waals surface area contributed by atoms with Gasteiger partial charge in [-0.3, -0.25) is 9.59 Å². The molecule has 0 atom stereocenters. The third kappa shape index (κ3) is 2.29. The number of likely N-dealkylation sites (N-methyl/N-ethyl adjacent to an activating group) is 1. The molecule has 5 nitrogen and oxygen atoms in total. The standard InChI is InChI=1S/C12H14N2O3/c1-14-10-4-3-9(13-11(15)7-17-2)5-8(10)6-12(14)16/h3-5H,6-7H2,1-2H3,(H,13,15). The number of anilines is 2. The average Bonchev–Trinajstić information content (AvgIpc) is 2.55. The predicted octanol–water partition coefficient (Wildman–Crippen LogP) is 0.790. The Labute approximate surface area is 99.4 Å². The van der Waals surface area contributed by atoms with Crippen LogP contribution >= 0.6 is 0 Å². The minimum absolute atomic E-state index is 0.0237. The number of fused-ring (bicyclic) bond motifs is 1. The Hall–Kier alpha value is -1.88. The molecule has 1 aliphatic heterocycles. The lowest BCUT2D eigenvalue weighted by Gasteiger charge is -2.11. The number of carbonyl (C=O) groups excluding carboxylic acids is 2. The van der Waals surface area contributed by atoms with E-state index in [0.29, 0.717) is 12.1 Å². The van der Waals surface area contributed by atoms with Crippen LogP contribution < -0.4 is 10.2 Å². The minimum atomic E-state index is -0.204. The predicted molar refractivity (Wildman–Crippen MR) is 64.1 cm³/mol. The van der Waals surface area contributed by atoms with Gasteiger partial charge in [-0.2, -0.15) is 0 Å². The summed E-state index contributed by atoms with van der Waals surface area (Å²) in [6, 6.07) is 5.44. The minimum Gasteiger partial charge on any atom is -0.375 e. The molecule has 1 N–H and O–H groups in total. The van der Waals surface area contributed by atoms with Crippen molar-refractivity contribution in [2.45, 2.75) is 6.42 Å². The van der Waals surface area contributed by atoms with Crippen LogP contribution in [0.2, 0.25) is 0 Å². The fourth-order valence-corrected chi connectivity index (χ4v) is 1.88. The molecule has 0 saturated carbocycles. The molecule has 17 heavy (non-hydrogen) atoms. The molecule has 0 aromatic heterocycles. The lowest BCUT2D eigenvalue weighted by atomic mass is 10.1. The molecule has 0 bridgehead atoms. The van der Waals surface area contributed by atoms with E-state index in [0.717, 1.165) is 11.3 Å². The van der Waals surface area contributed by atoms with Crippen LogP contribution in [0.5, 0.6) is 0 Å². The molecule has 0 unspecified atom stereocenters.